The Bertz CT molecular complexity index is 689. The fourth-order valence-corrected chi connectivity index (χ4v) is 3.55. The third-order valence-electron chi connectivity index (χ3n) is 5.13. The van der Waals surface area contributed by atoms with Crippen LogP contribution in [0.1, 0.15) is 24.1 Å². The molecule has 0 N–H and O–H groups in total. The van der Waals surface area contributed by atoms with Crippen molar-refractivity contribution in [3.8, 4) is 0 Å². The van der Waals surface area contributed by atoms with E-state index in [1.165, 1.54) is 0 Å². The van der Waals surface area contributed by atoms with E-state index in [-0.39, 0.29) is 10.8 Å². The lowest BCUT2D eigenvalue weighted by Crippen LogP contribution is -2.38. The van der Waals surface area contributed by atoms with Crippen molar-refractivity contribution in [1.82, 2.24) is 15.1 Å². The van der Waals surface area contributed by atoms with Crippen molar-refractivity contribution < 1.29 is 14.5 Å². The summed E-state index contributed by atoms with van der Waals surface area (Å²) in [6, 6.07) is 1.31. The Hall–Kier alpha value is -2.29. The molecule has 2 fully saturated rings. The van der Waals surface area contributed by atoms with Gasteiger partial charge in [0.05, 0.1) is 12.3 Å². The van der Waals surface area contributed by atoms with Gasteiger partial charge in [-0.3, -0.25) is 14.9 Å². The molecule has 4 rings (SSSR count). The molecule has 0 bridgehead atoms. The molecular formula is C16H21N5O4. The number of nitro groups is 1. The molecule has 3 heterocycles. The molecule has 0 radical (unpaired) electrons. The second kappa shape index (κ2) is 6.55. The number of carbonyl (C=O) groups excluding carboxylic acids is 1. The fourth-order valence-electron chi connectivity index (χ4n) is 3.55. The lowest BCUT2D eigenvalue weighted by Gasteiger charge is -2.29. The van der Waals surface area contributed by atoms with Crippen LogP contribution in [-0.2, 0) is 22.5 Å². The number of aromatic nitrogens is 2. The highest BCUT2D eigenvalue weighted by molar-refractivity contribution is 5.82. The van der Waals surface area contributed by atoms with E-state index in [9.17, 15) is 14.9 Å². The second-order valence-electron chi connectivity index (χ2n) is 6.83. The largest absolute Gasteiger partial charge is 0.380 e. The summed E-state index contributed by atoms with van der Waals surface area (Å²) in [5, 5.41) is 19.5. The molecule has 2 atom stereocenters. The molecule has 25 heavy (non-hydrogen) atoms. The number of nitrogens with zero attached hydrogens (tertiary/aromatic N) is 5. The van der Waals surface area contributed by atoms with Crippen LogP contribution < -0.4 is 4.90 Å². The maximum absolute atomic E-state index is 12.5. The maximum atomic E-state index is 12.5. The molecule has 3 aliphatic rings. The van der Waals surface area contributed by atoms with Crippen LogP contribution in [0.4, 0.5) is 5.82 Å². The van der Waals surface area contributed by atoms with Gasteiger partial charge in [0.1, 0.15) is 5.92 Å². The Morgan fingerprint density at radius 1 is 1.28 bits per heavy atom. The van der Waals surface area contributed by atoms with Gasteiger partial charge in [-0.05, 0) is 18.1 Å². The average Bonchev–Trinajstić information content (AvgIpc) is 3.44. The second-order valence-corrected chi connectivity index (χ2v) is 6.83. The van der Waals surface area contributed by atoms with Crippen LogP contribution in [0, 0.1) is 16.0 Å². The summed E-state index contributed by atoms with van der Waals surface area (Å²) >= 11 is 0. The number of rotatable bonds is 3. The summed E-state index contributed by atoms with van der Waals surface area (Å²) in [6.07, 6.45) is 1.96. The first-order valence-electron chi connectivity index (χ1n) is 8.74. The average molecular weight is 347 g/mol. The highest BCUT2D eigenvalue weighted by Gasteiger charge is 2.54. The van der Waals surface area contributed by atoms with Gasteiger partial charge in [-0.15, -0.1) is 5.10 Å². The van der Waals surface area contributed by atoms with Crippen molar-refractivity contribution in [3.05, 3.63) is 27.4 Å². The van der Waals surface area contributed by atoms with Crippen LogP contribution in [0.5, 0.6) is 0 Å². The van der Waals surface area contributed by atoms with Crippen LogP contribution in [0.3, 0.4) is 0 Å². The molecule has 9 nitrogen and oxygen atoms in total. The molecule has 1 amide bonds. The monoisotopic (exact) mass is 347 g/mol. The normalized spacial score (nSPS) is 25.9. The Balaban J connectivity index is 1.47. The number of ether oxygens (including phenoxy) is 1. The summed E-state index contributed by atoms with van der Waals surface area (Å²) in [7, 11) is 0. The third kappa shape index (κ3) is 3.28. The maximum Gasteiger partial charge on any atom is 0.233 e. The van der Waals surface area contributed by atoms with Gasteiger partial charge < -0.3 is 14.5 Å². The molecule has 0 unspecified atom stereocenters. The van der Waals surface area contributed by atoms with Crippen LogP contribution in [0.25, 0.3) is 0 Å². The van der Waals surface area contributed by atoms with E-state index in [0.29, 0.717) is 32.5 Å². The van der Waals surface area contributed by atoms with Crippen molar-refractivity contribution in [2.45, 2.75) is 31.8 Å². The minimum atomic E-state index is -0.697. The van der Waals surface area contributed by atoms with Crippen LogP contribution in [0.2, 0.25) is 0 Å². The lowest BCUT2D eigenvalue weighted by atomic mass is 10.1. The fraction of sp³-hybridized carbons (Fsp3) is 0.688. The number of hydrogen-bond donors (Lipinski definition) is 0. The van der Waals surface area contributed by atoms with E-state index in [4.69, 9.17) is 4.74 Å². The van der Waals surface area contributed by atoms with Crippen molar-refractivity contribution in [1.29, 1.82) is 0 Å². The zero-order valence-corrected chi connectivity index (χ0v) is 14.0. The number of amides is 1. The smallest absolute Gasteiger partial charge is 0.233 e. The third-order valence-corrected chi connectivity index (χ3v) is 5.13. The SMILES string of the molecule is O=C([C@@H]1C[C@H]1[N+](=O)[O-])N1CCc2nnc(N3CCCOCC3)cc2C1. The van der Waals surface area contributed by atoms with Crippen molar-refractivity contribution in [2.75, 3.05) is 37.7 Å². The summed E-state index contributed by atoms with van der Waals surface area (Å²) < 4.78 is 5.47. The van der Waals surface area contributed by atoms with Gasteiger partial charge in [-0.2, -0.15) is 5.10 Å². The minimum absolute atomic E-state index is 0.103. The van der Waals surface area contributed by atoms with E-state index < -0.39 is 12.0 Å². The van der Waals surface area contributed by atoms with Crippen molar-refractivity contribution in [3.63, 3.8) is 0 Å². The molecular weight excluding hydrogens is 326 g/mol. The molecule has 134 valence electrons. The van der Waals surface area contributed by atoms with E-state index in [2.05, 4.69) is 15.1 Å². The predicted molar refractivity (Wildman–Crippen MR) is 87.7 cm³/mol. The standard InChI is InChI=1S/C16H21N5O4/c22-16(12-9-14(12)21(23)24)20-4-2-13-11(10-20)8-15(18-17-13)19-3-1-6-25-7-5-19/h8,12,14H,1-7,9-10H2/t12-,14-/m1/s1. The summed E-state index contributed by atoms with van der Waals surface area (Å²) in [6.45, 7) is 4.11. The Kier molecular flexibility index (Phi) is 4.24. The molecule has 1 saturated carbocycles. The highest BCUT2D eigenvalue weighted by atomic mass is 16.6. The van der Waals surface area contributed by atoms with E-state index in [0.717, 1.165) is 43.2 Å². The Labute approximate surface area is 145 Å². The first-order valence-corrected chi connectivity index (χ1v) is 8.74. The lowest BCUT2D eigenvalue weighted by molar-refractivity contribution is -0.497. The van der Waals surface area contributed by atoms with Gasteiger partial charge >= 0.3 is 0 Å². The molecule has 1 aliphatic carbocycles. The van der Waals surface area contributed by atoms with Crippen molar-refractivity contribution in [2.24, 2.45) is 5.92 Å². The highest BCUT2D eigenvalue weighted by Crippen LogP contribution is 2.36. The van der Waals surface area contributed by atoms with Gasteiger partial charge in [-0.25, -0.2) is 0 Å². The van der Waals surface area contributed by atoms with E-state index in [1.54, 1.807) is 4.90 Å². The van der Waals surface area contributed by atoms with Gasteiger partial charge in [0.25, 0.3) is 0 Å². The van der Waals surface area contributed by atoms with Gasteiger partial charge in [0, 0.05) is 50.6 Å². The molecule has 0 spiro atoms. The molecule has 9 heteroatoms. The molecule has 0 aromatic carbocycles. The van der Waals surface area contributed by atoms with Crippen molar-refractivity contribution >= 4 is 11.7 Å². The first-order chi connectivity index (χ1) is 12.1. The number of anilines is 1. The topological polar surface area (TPSA) is 102 Å². The number of fused-ring (bicyclic) bond motifs is 1. The minimum Gasteiger partial charge on any atom is -0.380 e. The molecule has 2 aliphatic heterocycles. The van der Waals surface area contributed by atoms with Gasteiger partial charge in [0.15, 0.2) is 5.82 Å². The zero-order chi connectivity index (χ0) is 17.4. The predicted octanol–water partition coefficient (Wildman–Crippen LogP) is 0.253. The van der Waals surface area contributed by atoms with Crippen LogP contribution in [0.15, 0.2) is 6.07 Å². The number of hydrogen-bond acceptors (Lipinski definition) is 7. The molecule has 1 aromatic rings. The summed E-state index contributed by atoms with van der Waals surface area (Å²) in [4.78, 5) is 26.8. The van der Waals surface area contributed by atoms with Gasteiger partial charge in [-0.1, -0.05) is 0 Å². The Morgan fingerprint density at radius 2 is 2.16 bits per heavy atom. The quantitative estimate of drug-likeness (QED) is 0.570. The summed E-state index contributed by atoms with van der Waals surface area (Å²) in [5.74, 6) is 0.260. The van der Waals surface area contributed by atoms with Crippen LogP contribution in [-0.4, -0.2) is 64.8 Å². The molecule has 1 aromatic heterocycles. The molecule has 1 saturated heterocycles. The zero-order valence-electron chi connectivity index (χ0n) is 14.0. The number of carbonyl (C=O) groups is 1. The first kappa shape index (κ1) is 16.2. The summed E-state index contributed by atoms with van der Waals surface area (Å²) in [5.41, 5.74) is 1.91. The van der Waals surface area contributed by atoms with E-state index >= 15 is 0 Å². The Morgan fingerprint density at radius 3 is 2.96 bits per heavy atom. The van der Waals surface area contributed by atoms with E-state index in [1.807, 2.05) is 6.07 Å². The van der Waals surface area contributed by atoms with Crippen LogP contribution >= 0.6 is 0 Å². The van der Waals surface area contributed by atoms with Gasteiger partial charge in [0.2, 0.25) is 11.9 Å².